The third-order valence-electron chi connectivity index (χ3n) is 4.83. The number of benzene rings is 2. The maximum absolute atomic E-state index is 12.8. The molecule has 2 aromatic carbocycles. The summed E-state index contributed by atoms with van der Waals surface area (Å²) < 4.78 is 5.69. The lowest BCUT2D eigenvalue weighted by Gasteiger charge is -2.33. The van der Waals surface area contributed by atoms with Gasteiger partial charge in [0, 0.05) is 18.9 Å². The first kappa shape index (κ1) is 16.5. The molecule has 0 aliphatic carbocycles. The highest BCUT2D eigenvalue weighted by molar-refractivity contribution is 5.86. The summed E-state index contributed by atoms with van der Waals surface area (Å²) in [5, 5.41) is 2.27. The Labute approximate surface area is 152 Å². The van der Waals surface area contributed by atoms with Gasteiger partial charge >= 0.3 is 5.97 Å². The number of nitrogens with zero attached hydrogens (tertiary/aromatic N) is 3. The smallest absolute Gasteiger partial charge is 0.329 e. The van der Waals surface area contributed by atoms with E-state index in [4.69, 9.17) is 4.74 Å². The van der Waals surface area contributed by atoms with Gasteiger partial charge in [-0.1, -0.05) is 42.5 Å². The van der Waals surface area contributed by atoms with Crippen molar-refractivity contribution in [1.29, 1.82) is 0 Å². The number of anilines is 1. The maximum Gasteiger partial charge on any atom is 0.329 e. The molecule has 1 aliphatic heterocycles. The third kappa shape index (κ3) is 3.38. The van der Waals surface area contributed by atoms with Gasteiger partial charge in [-0.3, -0.25) is 0 Å². The Hall–Kier alpha value is -2.95. The summed E-state index contributed by atoms with van der Waals surface area (Å²) in [6.45, 7) is 1.05. The number of aromatic nitrogens is 2. The van der Waals surface area contributed by atoms with Crippen LogP contribution in [-0.2, 0) is 16.1 Å². The van der Waals surface area contributed by atoms with Crippen molar-refractivity contribution in [3.05, 3.63) is 66.5 Å². The highest BCUT2D eigenvalue weighted by Gasteiger charge is 2.31. The van der Waals surface area contributed by atoms with Crippen LogP contribution >= 0.6 is 0 Å². The van der Waals surface area contributed by atoms with Crippen LogP contribution in [0.15, 0.2) is 60.9 Å². The van der Waals surface area contributed by atoms with Crippen molar-refractivity contribution >= 4 is 22.7 Å². The fourth-order valence-electron chi connectivity index (χ4n) is 3.52. The second kappa shape index (κ2) is 7.52. The van der Waals surface area contributed by atoms with Gasteiger partial charge in [-0.25, -0.2) is 14.8 Å². The molecule has 5 heteroatoms. The summed E-state index contributed by atoms with van der Waals surface area (Å²) in [7, 11) is 0. The number of esters is 1. The van der Waals surface area contributed by atoms with Crippen LogP contribution in [0.2, 0.25) is 0 Å². The van der Waals surface area contributed by atoms with Crippen LogP contribution in [0.5, 0.6) is 0 Å². The van der Waals surface area contributed by atoms with E-state index in [2.05, 4.69) is 28.2 Å². The third-order valence-corrected chi connectivity index (χ3v) is 4.83. The van der Waals surface area contributed by atoms with Crippen LogP contribution in [0.1, 0.15) is 24.8 Å². The van der Waals surface area contributed by atoms with Crippen molar-refractivity contribution in [1.82, 2.24) is 9.97 Å². The summed E-state index contributed by atoms with van der Waals surface area (Å²) in [6, 6.07) is 15.7. The second-order valence-corrected chi connectivity index (χ2v) is 6.50. The zero-order chi connectivity index (χ0) is 17.8. The standard InChI is InChI=1S/C21H21N3O2/c25-20(19-11-3-4-14-24(19)21-22-12-6-13-23-21)26-15-17-9-5-8-16-7-1-2-10-18(16)17/h1-2,5-10,12-13,19H,3-4,11,14-15H2/t19-/m0/s1. The fourth-order valence-corrected chi connectivity index (χ4v) is 3.52. The molecule has 0 spiro atoms. The summed E-state index contributed by atoms with van der Waals surface area (Å²) >= 11 is 0. The van der Waals surface area contributed by atoms with Crippen LogP contribution in [0.3, 0.4) is 0 Å². The molecule has 2 heterocycles. The predicted octanol–water partition coefficient (Wildman–Crippen LogP) is 3.73. The van der Waals surface area contributed by atoms with E-state index >= 15 is 0 Å². The number of carbonyl (C=O) groups is 1. The summed E-state index contributed by atoms with van der Waals surface area (Å²) in [4.78, 5) is 23.3. The molecule has 0 radical (unpaired) electrons. The van der Waals surface area contributed by atoms with Crippen LogP contribution in [-0.4, -0.2) is 28.5 Å². The molecule has 0 unspecified atom stereocenters. The minimum atomic E-state index is -0.318. The average molecular weight is 347 g/mol. The Morgan fingerprint density at radius 1 is 1.04 bits per heavy atom. The van der Waals surface area contributed by atoms with Crippen molar-refractivity contribution in [2.45, 2.75) is 31.9 Å². The quantitative estimate of drug-likeness (QED) is 0.673. The highest BCUT2D eigenvalue weighted by atomic mass is 16.5. The number of ether oxygens (including phenoxy) is 1. The molecule has 1 saturated heterocycles. The van der Waals surface area contributed by atoms with Gasteiger partial charge in [0.25, 0.3) is 0 Å². The molecular formula is C21H21N3O2. The van der Waals surface area contributed by atoms with Crippen molar-refractivity contribution < 1.29 is 9.53 Å². The van der Waals surface area contributed by atoms with Crippen LogP contribution in [0, 0.1) is 0 Å². The molecule has 1 fully saturated rings. The Bertz CT molecular complexity index is 893. The largest absolute Gasteiger partial charge is 0.459 e. The van der Waals surface area contributed by atoms with E-state index in [1.165, 1.54) is 0 Å². The molecule has 1 aromatic heterocycles. The van der Waals surface area contributed by atoms with Gasteiger partial charge in [0.1, 0.15) is 12.6 Å². The topological polar surface area (TPSA) is 55.3 Å². The summed E-state index contributed by atoms with van der Waals surface area (Å²) in [5.41, 5.74) is 1.02. The molecule has 0 bridgehead atoms. The predicted molar refractivity (Wildman–Crippen MR) is 101 cm³/mol. The first-order valence-corrected chi connectivity index (χ1v) is 9.00. The van der Waals surface area contributed by atoms with Crippen molar-refractivity contribution in [2.24, 2.45) is 0 Å². The molecule has 0 N–H and O–H groups in total. The minimum absolute atomic E-state index is 0.204. The number of hydrogen-bond acceptors (Lipinski definition) is 5. The Kier molecular flexibility index (Phi) is 4.78. The van der Waals surface area contributed by atoms with Gasteiger partial charge in [-0.2, -0.15) is 0 Å². The summed E-state index contributed by atoms with van der Waals surface area (Å²) in [5.74, 6) is 0.393. The highest BCUT2D eigenvalue weighted by Crippen LogP contribution is 2.24. The lowest BCUT2D eigenvalue weighted by atomic mass is 10.0. The maximum atomic E-state index is 12.8. The molecule has 0 amide bonds. The minimum Gasteiger partial charge on any atom is -0.459 e. The molecule has 132 valence electrons. The van der Waals surface area contributed by atoms with Gasteiger partial charge in [0.2, 0.25) is 5.95 Å². The summed E-state index contributed by atoms with van der Waals surface area (Å²) in [6.07, 6.45) is 6.22. The number of carbonyl (C=O) groups excluding carboxylic acids is 1. The number of rotatable bonds is 4. The SMILES string of the molecule is O=C(OCc1cccc2ccccc12)[C@@H]1CCCCN1c1ncccn1. The van der Waals surface area contributed by atoms with E-state index in [1.54, 1.807) is 18.5 Å². The van der Waals surface area contributed by atoms with Gasteiger partial charge in [-0.15, -0.1) is 0 Å². The van der Waals surface area contributed by atoms with E-state index in [-0.39, 0.29) is 18.6 Å². The lowest BCUT2D eigenvalue weighted by molar-refractivity contribution is -0.147. The molecule has 3 aromatic rings. The molecule has 1 atom stereocenters. The number of piperidine rings is 1. The first-order valence-electron chi connectivity index (χ1n) is 9.00. The molecule has 5 nitrogen and oxygen atoms in total. The van der Waals surface area contributed by atoms with E-state index in [9.17, 15) is 4.79 Å². The fraction of sp³-hybridized carbons (Fsp3) is 0.286. The lowest BCUT2D eigenvalue weighted by Crippen LogP contribution is -2.46. The van der Waals surface area contributed by atoms with E-state index in [0.717, 1.165) is 42.1 Å². The molecule has 1 aliphatic rings. The van der Waals surface area contributed by atoms with E-state index < -0.39 is 0 Å². The van der Waals surface area contributed by atoms with Gasteiger partial charge < -0.3 is 9.64 Å². The Morgan fingerprint density at radius 2 is 1.85 bits per heavy atom. The zero-order valence-corrected chi connectivity index (χ0v) is 14.5. The average Bonchev–Trinajstić information content (AvgIpc) is 2.72. The van der Waals surface area contributed by atoms with Gasteiger partial charge in [-0.05, 0) is 41.7 Å². The zero-order valence-electron chi connectivity index (χ0n) is 14.5. The second-order valence-electron chi connectivity index (χ2n) is 6.50. The van der Waals surface area contributed by atoms with Crippen molar-refractivity contribution in [3.8, 4) is 0 Å². The molecule has 0 saturated carbocycles. The van der Waals surface area contributed by atoms with Crippen LogP contribution in [0.25, 0.3) is 10.8 Å². The number of hydrogen-bond donors (Lipinski definition) is 0. The van der Waals surface area contributed by atoms with E-state index in [1.807, 2.05) is 29.2 Å². The normalized spacial score (nSPS) is 17.2. The van der Waals surface area contributed by atoms with Gasteiger partial charge in [0.05, 0.1) is 0 Å². The van der Waals surface area contributed by atoms with Gasteiger partial charge in [0.15, 0.2) is 0 Å². The molecule has 26 heavy (non-hydrogen) atoms. The number of fused-ring (bicyclic) bond motifs is 1. The molecule has 4 rings (SSSR count). The van der Waals surface area contributed by atoms with Crippen LogP contribution in [0.4, 0.5) is 5.95 Å². The van der Waals surface area contributed by atoms with E-state index in [0.29, 0.717) is 5.95 Å². The first-order chi connectivity index (χ1) is 12.8. The van der Waals surface area contributed by atoms with Crippen molar-refractivity contribution in [3.63, 3.8) is 0 Å². The van der Waals surface area contributed by atoms with Crippen LogP contribution < -0.4 is 4.90 Å². The van der Waals surface area contributed by atoms with Crippen molar-refractivity contribution in [2.75, 3.05) is 11.4 Å². The Morgan fingerprint density at radius 3 is 2.73 bits per heavy atom. The Balaban J connectivity index is 1.50. The monoisotopic (exact) mass is 347 g/mol. The molecular weight excluding hydrogens is 326 g/mol.